The first-order chi connectivity index (χ1) is 16.8. The van der Waals surface area contributed by atoms with Crippen LogP contribution in [-0.4, -0.2) is 28.3 Å². The van der Waals surface area contributed by atoms with Gasteiger partial charge in [0.2, 0.25) is 5.82 Å². The van der Waals surface area contributed by atoms with Gasteiger partial charge in [0.25, 0.3) is 5.89 Å². The Morgan fingerprint density at radius 1 is 0.912 bits per heavy atom. The number of nitrogens with one attached hydrogen (secondary N) is 2. The molecule has 0 radical (unpaired) electrons. The molecule has 34 heavy (non-hydrogen) atoms. The van der Waals surface area contributed by atoms with E-state index in [9.17, 15) is 4.39 Å². The number of hydrogen-bond acceptors (Lipinski definition) is 9. The fourth-order valence-corrected chi connectivity index (χ4v) is 3.87. The minimum absolute atomic E-state index is 0.250. The topological polar surface area (TPSA) is 97.6 Å². The van der Waals surface area contributed by atoms with E-state index in [1.54, 1.807) is 35.6 Å². The van der Waals surface area contributed by atoms with Crippen LogP contribution < -0.4 is 16.0 Å². The molecule has 0 atom stereocenters. The summed E-state index contributed by atoms with van der Waals surface area (Å²) in [4.78, 5) is 8.66. The summed E-state index contributed by atoms with van der Waals surface area (Å²) in [6.45, 7) is 1.17. The predicted octanol–water partition coefficient (Wildman–Crippen LogP) is 3.67. The third-order valence-corrected chi connectivity index (χ3v) is 5.50. The van der Waals surface area contributed by atoms with Crippen LogP contribution in [0.15, 0.2) is 77.6 Å². The summed E-state index contributed by atoms with van der Waals surface area (Å²) in [5, 5.41) is 5.74. The number of rotatable bonds is 5. The Labute approximate surface area is 193 Å². The summed E-state index contributed by atoms with van der Waals surface area (Å²) in [6, 6.07) is 17.7. The smallest absolute Gasteiger partial charge is 0.277 e. The second-order valence-electron chi connectivity index (χ2n) is 7.60. The van der Waals surface area contributed by atoms with Gasteiger partial charge in [-0.05, 0) is 24.3 Å². The largest absolute Gasteiger partial charge is 0.346 e. The van der Waals surface area contributed by atoms with Crippen LogP contribution in [0.1, 0.15) is 23.3 Å². The molecule has 2 N–H and O–H groups in total. The van der Waals surface area contributed by atoms with Crippen LogP contribution in [0.25, 0.3) is 22.8 Å². The van der Waals surface area contributed by atoms with Gasteiger partial charge in [0, 0.05) is 29.1 Å². The lowest BCUT2D eigenvalue weighted by atomic mass is 10.1. The molecule has 1 fully saturated rings. The monoisotopic (exact) mass is 458 g/mol. The van der Waals surface area contributed by atoms with Crippen LogP contribution in [-0.2, 0) is 9.47 Å². The van der Waals surface area contributed by atoms with Crippen molar-refractivity contribution in [3.05, 3.63) is 95.9 Å². The molecule has 10 heteroatoms. The average molecular weight is 458 g/mol. The van der Waals surface area contributed by atoms with Crippen molar-refractivity contribution in [3.63, 3.8) is 0 Å². The van der Waals surface area contributed by atoms with E-state index in [0.29, 0.717) is 36.1 Å². The summed E-state index contributed by atoms with van der Waals surface area (Å²) in [5.74, 6) is 0.286. The first-order valence-corrected chi connectivity index (χ1v) is 10.7. The van der Waals surface area contributed by atoms with Crippen molar-refractivity contribution in [3.8, 4) is 11.4 Å². The molecule has 1 saturated heterocycles. The van der Waals surface area contributed by atoms with Crippen molar-refractivity contribution in [2.75, 3.05) is 18.2 Å². The Balaban J connectivity index is 1.37. The lowest BCUT2D eigenvalue weighted by Crippen LogP contribution is -2.38. The quantitative estimate of drug-likeness (QED) is 0.464. The van der Waals surface area contributed by atoms with E-state index in [4.69, 9.17) is 14.0 Å². The standard InChI is InChI=1S/C24H19FN6O3/c25-18-3-1-2-4-19(18)31-21(15-9-11-26-12-10-15)20(28-30-31)23-27-22(29-34-23)16-5-7-17(8-6-16)24-32-13-14-33-24/h1-12,24,28,30H,13-14H2. The number of halogens is 1. The Hall–Kier alpha value is -4.12. The summed E-state index contributed by atoms with van der Waals surface area (Å²) in [6.07, 6.45) is 2.98. The SMILES string of the molecule is Fc1ccccc1N1NNC(c2nc(-c3ccc(C4OCCO4)cc3)no2)=C1c1ccncc1. The van der Waals surface area contributed by atoms with Gasteiger partial charge in [-0.25, -0.2) is 4.39 Å². The number of aromatic nitrogens is 3. The van der Waals surface area contributed by atoms with E-state index in [-0.39, 0.29) is 18.0 Å². The van der Waals surface area contributed by atoms with Gasteiger partial charge in [0.15, 0.2) is 6.29 Å². The Morgan fingerprint density at radius 2 is 1.68 bits per heavy atom. The zero-order valence-electron chi connectivity index (χ0n) is 17.8. The summed E-state index contributed by atoms with van der Waals surface area (Å²) in [5.41, 5.74) is 9.99. The summed E-state index contributed by atoms with van der Waals surface area (Å²) in [7, 11) is 0. The maximum Gasteiger partial charge on any atom is 0.277 e. The minimum atomic E-state index is -0.383. The van der Waals surface area contributed by atoms with Crippen LogP contribution in [0.4, 0.5) is 10.1 Å². The molecule has 2 aromatic heterocycles. The lowest BCUT2D eigenvalue weighted by molar-refractivity contribution is -0.0441. The predicted molar refractivity (Wildman–Crippen MR) is 121 cm³/mol. The Morgan fingerprint density at radius 3 is 2.44 bits per heavy atom. The molecule has 6 rings (SSSR count). The number of para-hydroxylation sites is 1. The van der Waals surface area contributed by atoms with Crippen molar-refractivity contribution >= 4 is 17.1 Å². The average Bonchev–Trinajstić information content (AvgIpc) is 3.66. The van der Waals surface area contributed by atoms with E-state index >= 15 is 0 Å². The molecule has 2 aromatic carbocycles. The molecule has 4 aromatic rings. The first-order valence-electron chi connectivity index (χ1n) is 10.7. The van der Waals surface area contributed by atoms with Gasteiger partial charge in [-0.1, -0.05) is 41.6 Å². The number of pyridine rings is 1. The second-order valence-corrected chi connectivity index (χ2v) is 7.60. The molecular formula is C24H19FN6O3. The first kappa shape index (κ1) is 20.5. The highest BCUT2D eigenvalue weighted by atomic mass is 19.1. The fraction of sp³-hybridized carbons (Fsp3) is 0.125. The zero-order chi connectivity index (χ0) is 22.9. The number of nitrogens with zero attached hydrogens (tertiary/aromatic N) is 4. The second kappa shape index (κ2) is 8.67. The molecule has 0 amide bonds. The van der Waals surface area contributed by atoms with Gasteiger partial charge < -0.3 is 14.0 Å². The van der Waals surface area contributed by atoms with Crippen molar-refractivity contribution in [2.24, 2.45) is 0 Å². The van der Waals surface area contributed by atoms with Crippen molar-refractivity contribution < 1.29 is 18.4 Å². The zero-order valence-corrected chi connectivity index (χ0v) is 17.8. The molecule has 4 heterocycles. The molecular weight excluding hydrogens is 439 g/mol. The van der Waals surface area contributed by atoms with E-state index in [1.807, 2.05) is 36.4 Å². The van der Waals surface area contributed by atoms with E-state index in [2.05, 4.69) is 26.1 Å². The molecule has 0 bridgehead atoms. The molecule has 0 saturated carbocycles. The third-order valence-electron chi connectivity index (χ3n) is 5.50. The van der Waals surface area contributed by atoms with Crippen LogP contribution in [0.2, 0.25) is 0 Å². The van der Waals surface area contributed by atoms with E-state index in [0.717, 1.165) is 16.7 Å². The highest BCUT2D eigenvalue weighted by Gasteiger charge is 2.31. The van der Waals surface area contributed by atoms with Crippen molar-refractivity contribution in [2.45, 2.75) is 6.29 Å². The van der Waals surface area contributed by atoms with Gasteiger partial charge in [0.1, 0.15) is 11.5 Å². The highest BCUT2D eigenvalue weighted by molar-refractivity contribution is 5.96. The minimum Gasteiger partial charge on any atom is -0.346 e. The fourth-order valence-electron chi connectivity index (χ4n) is 3.87. The van der Waals surface area contributed by atoms with E-state index < -0.39 is 0 Å². The van der Waals surface area contributed by atoms with Crippen molar-refractivity contribution in [1.82, 2.24) is 26.1 Å². The maximum atomic E-state index is 14.6. The summed E-state index contributed by atoms with van der Waals surface area (Å²) >= 11 is 0. The molecule has 170 valence electrons. The normalized spacial score (nSPS) is 16.3. The number of benzene rings is 2. The van der Waals surface area contributed by atoms with Gasteiger partial charge in [-0.3, -0.25) is 15.4 Å². The van der Waals surface area contributed by atoms with Gasteiger partial charge >= 0.3 is 0 Å². The number of anilines is 1. The molecule has 9 nitrogen and oxygen atoms in total. The van der Waals surface area contributed by atoms with Crippen LogP contribution >= 0.6 is 0 Å². The lowest BCUT2D eigenvalue weighted by Gasteiger charge is -2.21. The van der Waals surface area contributed by atoms with Crippen LogP contribution in [0, 0.1) is 5.82 Å². The number of hydrazine groups is 2. The van der Waals surface area contributed by atoms with Crippen LogP contribution in [0.3, 0.4) is 0 Å². The molecule has 2 aliphatic rings. The molecule has 2 aliphatic heterocycles. The number of hydrogen-bond donors (Lipinski definition) is 2. The molecule has 0 aliphatic carbocycles. The maximum absolute atomic E-state index is 14.6. The van der Waals surface area contributed by atoms with Gasteiger partial charge in [0.05, 0.1) is 24.6 Å². The molecule has 0 unspecified atom stereocenters. The summed E-state index contributed by atoms with van der Waals surface area (Å²) < 4.78 is 31.3. The Bertz CT molecular complexity index is 1340. The van der Waals surface area contributed by atoms with Crippen molar-refractivity contribution in [1.29, 1.82) is 0 Å². The van der Waals surface area contributed by atoms with Crippen LogP contribution in [0.5, 0.6) is 0 Å². The third kappa shape index (κ3) is 3.69. The Kier molecular flexibility index (Phi) is 5.22. The highest BCUT2D eigenvalue weighted by Crippen LogP contribution is 2.34. The van der Waals surface area contributed by atoms with E-state index in [1.165, 1.54) is 6.07 Å². The van der Waals surface area contributed by atoms with Gasteiger partial charge in [-0.15, -0.1) is 5.53 Å². The molecule has 0 spiro atoms. The van der Waals surface area contributed by atoms with Gasteiger partial charge in [-0.2, -0.15) is 4.98 Å². The number of ether oxygens (including phenoxy) is 2.